The maximum Gasteiger partial charge on any atom is 0.320 e. The molecule has 0 radical (unpaired) electrons. The molecule has 0 fully saturated rings. The van der Waals surface area contributed by atoms with Gasteiger partial charge in [-0.1, -0.05) is 29.3 Å². The van der Waals surface area contributed by atoms with Crippen LogP contribution >= 0.6 is 23.2 Å². The average molecular weight is 315 g/mol. The minimum Gasteiger partial charge on any atom is -0.364 e. The summed E-state index contributed by atoms with van der Waals surface area (Å²) < 4.78 is 1.20. The van der Waals surface area contributed by atoms with E-state index in [1.54, 1.807) is 18.2 Å². The number of rotatable bonds is 4. The lowest BCUT2D eigenvalue weighted by Crippen LogP contribution is -2.14. The van der Waals surface area contributed by atoms with Gasteiger partial charge in [-0.05, 0) is 12.1 Å². The fourth-order valence-corrected chi connectivity index (χ4v) is 2.16. The molecule has 0 atom stereocenters. The van der Waals surface area contributed by atoms with Crippen molar-refractivity contribution in [2.75, 3.05) is 0 Å². The maximum absolute atomic E-state index is 11.1. The highest BCUT2D eigenvalue weighted by Gasteiger charge is 2.24. The predicted octanol–water partition coefficient (Wildman–Crippen LogP) is 2.25. The third kappa shape index (κ3) is 2.73. The number of benzene rings is 1. The minimum absolute atomic E-state index is 0.0899. The minimum atomic E-state index is -0.972. The Labute approximate surface area is 123 Å². The zero-order valence-electron chi connectivity index (χ0n) is 9.92. The van der Waals surface area contributed by atoms with E-state index in [0.29, 0.717) is 15.6 Å². The van der Waals surface area contributed by atoms with Crippen LogP contribution in [0.2, 0.25) is 10.0 Å². The van der Waals surface area contributed by atoms with Crippen molar-refractivity contribution in [2.24, 2.45) is 5.73 Å². The number of amides is 1. The van der Waals surface area contributed by atoms with Gasteiger partial charge >= 0.3 is 5.69 Å². The number of nitrogens with zero attached hydrogens (tertiary/aromatic N) is 3. The summed E-state index contributed by atoms with van der Waals surface area (Å²) in [5.74, 6) is -0.972. The molecule has 0 spiro atoms. The van der Waals surface area contributed by atoms with Crippen molar-refractivity contribution in [1.82, 2.24) is 9.78 Å². The van der Waals surface area contributed by atoms with Crippen LogP contribution in [0.15, 0.2) is 24.4 Å². The molecule has 0 bridgehead atoms. The zero-order chi connectivity index (χ0) is 14.9. The number of carbonyl (C=O) groups excluding carboxylic acids is 1. The quantitative estimate of drug-likeness (QED) is 0.690. The predicted molar refractivity (Wildman–Crippen MR) is 73.0 cm³/mol. The highest BCUT2D eigenvalue weighted by Crippen LogP contribution is 2.26. The van der Waals surface area contributed by atoms with Crippen LogP contribution in [0, 0.1) is 10.1 Å². The molecule has 0 unspecified atom stereocenters. The lowest BCUT2D eigenvalue weighted by atomic mass is 10.2. The largest absolute Gasteiger partial charge is 0.364 e. The number of hydrogen-bond acceptors (Lipinski definition) is 4. The Morgan fingerprint density at radius 2 is 2.00 bits per heavy atom. The average Bonchev–Trinajstić information content (AvgIpc) is 2.78. The molecule has 0 aliphatic heterocycles. The molecular formula is C11H8Cl2N4O3. The molecule has 1 aromatic carbocycles. The number of hydrogen-bond donors (Lipinski definition) is 1. The van der Waals surface area contributed by atoms with Crippen molar-refractivity contribution in [2.45, 2.75) is 6.54 Å². The molecule has 104 valence electrons. The van der Waals surface area contributed by atoms with Gasteiger partial charge < -0.3 is 5.73 Å². The van der Waals surface area contributed by atoms with Gasteiger partial charge in [-0.15, -0.1) is 0 Å². The zero-order valence-corrected chi connectivity index (χ0v) is 11.4. The van der Waals surface area contributed by atoms with Gasteiger partial charge in [0.15, 0.2) is 0 Å². The van der Waals surface area contributed by atoms with Crippen molar-refractivity contribution in [3.63, 3.8) is 0 Å². The van der Waals surface area contributed by atoms with Gasteiger partial charge in [0.2, 0.25) is 5.69 Å². The van der Waals surface area contributed by atoms with Crippen molar-refractivity contribution >= 4 is 34.8 Å². The molecule has 0 aliphatic carbocycles. The van der Waals surface area contributed by atoms with Crippen molar-refractivity contribution in [3.8, 4) is 0 Å². The van der Waals surface area contributed by atoms with Crippen LogP contribution in [0.5, 0.6) is 0 Å². The summed E-state index contributed by atoms with van der Waals surface area (Å²) in [5.41, 5.74) is 4.73. The number of nitro groups is 1. The topological polar surface area (TPSA) is 104 Å². The first-order valence-corrected chi connectivity index (χ1v) is 6.10. The smallest absolute Gasteiger partial charge is 0.320 e. The Morgan fingerprint density at radius 1 is 1.40 bits per heavy atom. The fourth-order valence-electron chi connectivity index (χ4n) is 1.65. The molecule has 0 saturated heterocycles. The molecule has 2 aromatic rings. The number of carbonyl (C=O) groups is 1. The highest BCUT2D eigenvalue weighted by molar-refractivity contribution is 6.35. The molecule has 2 rings (SSSR count). The first-order valence-electron chi connectivity index (χ1n) is 5.34. The van der Waals surface area contributed by atoms with E-state index in [1.165, 1.54) is 4.68 Å². The van der Waals surface area contributed by atoms with Gasteiger partial charge in [-0.25, -0.2) is 0 Å². The van der Waals surface area contributed by atoms with Crippen LogP contribution in [0.3, 0.4) is 0 Å². The van der Waals surface area contributed by atoms with E-state index in [1.807, 2.05) is 0 Å². The van der Waals surface area contributed by atoms with E-state index in [-0.39, 0.29) is 6.54 Å². The molecule has 2 N–H and O–H groups in total. The molecule has 7 nitrogen and oxygen atoms in total. The van der Waals surface area contributed by atoms with Crippen molar-refractivity contribution in [1.29, 1.82) is 0 Å². The van der Waals surface area contributed by atoms with Crippen molar-refractivity contribution in [3.05, 3.63) is 55.8 Å². The summed E-state index contributed by atoms with van der Waals surface area (Å²) in [4.78, 5) is 21.2. The van der Waals surface area contributed by atoms with Gasteiger partial charge in [0, 0.05) is 15.6 Å². The molecule has 0 aliphatic rings. The van der Waals surface area contributed by atoms with Gasteiger partial charge in [0.1, 0.15) is 6.20 Å². The Morgan fingerprint density at radius 3 is 2.45 bits per heavy atom. The number of nitrogens with two attached hydrogens (primary N) is 1. The summed E-state index contributed by atoms with van der Waals surface area (Å²) in [6.45, 7) is 0.0899. The second-order valence-electron chi connectivity index (χ2n) is 3.88. The van der Waals surface area contributed by atoms with E-state index in [2.05, 4.69) is 5.10 Å². The van der Waals surface area contributed by atoms with E-state index in [4.69, 9.17) is 28.9 Å². The third-order valence-corrected chi connectivity index (χ3v) is 3.26. The molecule has 1 heterocycles. The van der Waals surface area contributed by atoms with Crippen LogP contribution in [0.1, 0.15) is 16.1 Å². The first-order chi connectivity index (χ1) is 9.40. The summed E-state index contributed by atoms with van der Waals surface area (Å²) >= 11 is 12.0. The number of aromatic nitrogens is 2. The maximum atomic E-state index is 11.1. The summed E-state index contributed by atoms with van der Waals surface area (Å²) in [5, 5.41) is 15.4. The molecule has 9 heteroatoms. The first kappa shape index (κ1) is 14.3. The standard InChI is InChI=1S/C11H8Cl2N4O3/c12-7-2-1-3-8(13)6(7)4-16-5-9(17(19)20)10(15-16)11(14)18/h1-3,5H,4H2,(H2,14,18). The normalized spacial score (nSPS) is 10.5. The lowest BCUT2D eigenvalue weighted by Gasteiger charge is -2.06. The van der Waals surface area contributed by atoms with Crippen LogP contribution < -0.4 is 5.73 Å². The second kappa shape index (κ2) is 5.48. The highest BCUT2D eigenvalue weighted by atomic mass is 35.5. The molecule has 1 amide bonds. The van der Waals surface area contributed by atoms with E-state index in [0.717, 1.165) is 6.20 Å². The van der Waals surface area contributed by atoms with Gasteiger partial charge in [-0.3, -0.25) is 19.6 Å². The SMILES string of the molecule is NC(=O)c1nn(Cc2c(Cl)cccc2Cl)cc1[N+](=O)[O-]. The van der Waals surface area contributed by atoms with Crippen LogP contribution in [-0.4, -0.2) is 20.6 Å². The van der Waals surface area contributed by atoms with Gasteiger partial charge in [-0.2, -0.15) is 5.10 Å². The molecule has 20 heavy (non-hydrogen) atoms. The Kier molecular flexibility index (Phi) is 3.91. The molecule has 0 saturated carbocycles. The van der Waals surface area contributed by atoms with Crippen molar-refractivity contribution < 1.29 is 9.72 Å². The third-order valence-electron chi connectivity index (χ3n) is 2.55. The molecule has 1 aromatic heterocycles. The van der Waals surface area contributed by atoms with Crippen LogP contribution in [-0.2, 0) is 6.54 Å². The summed E-state index contributed by atoms with van der Waals surface area (Å²) in [6.07, 6.45) is 1.11. The summed E-state index contributed by atoms with van der Waals surface area (Å²) in [7, 11) is 0. The second-order valence-corrected chi connectivity index (χ2v) is 4.70. The van der Waals surface area contributed by atoms with E-state index in [9.17, 15) is 14.9 Å². The van der Waals surface area contributed by atoms with Gasteiger partial charge in [0.25, 0.3) is 5.91 Å². The van der Waals surface area contributed by atoms with Crippen LogP contribution in [0.25, 0.3) is 0 Å². The Bertz CT molecular complexity index is 647. The van der Waals surface area contributed by atoms with Crippen LogP contribution in [0.4, 0.5) is 5.69 Å². The lowest BCUT2D eigenvalue weighted by molar-refractivity contribution is -0.385. The Balaban J connectivity index is 2.42. The molecular weight excluding hydrogens is 307 g/mol. The van der Waals surface area contributed by atoms with Gasteiger partial charge in [0.05, 0.1) is 11.5 Å². The summed E-state index contributed by atoms with van der Waals surface area (Å²) in [6, 6.07) is 4.94. The fraction of sp³-hybridized carbons (Fsp3) is 0.0909. The monoisotopic (exact) mass is 314 g/mol. The number of primary amides is 1. The van der Waals surface area contributed by atoms with E-state index >= 15 is 0 Å². The number of halogens is 2. The Hall–Kier alpha value is -2.12. The van der Waals surface area contributed by atoms with E-state index < -0.39 is 22.2 Å².